The molecule has 0 spiro atoms. The fourth-order valence-electron chi connectivity index (χ4n) is 3.03. The summed E-state index contributed by atoms with van der Waals surface area (Å²) < 4.78 is 5.22. The van der Waals surface area contributed by atoms with Crippen molar-refractivity contribution in [3.63, 3.8) is 0 Å². The van der Waals surface area contributed by atoms with E-state index in [2.05, 4.69) is 6.92 Å². The van der Waals surface area contributed by atoms with Crippen LogP contribution in [-0.4, -0.2) is 60.5 Å². The van der Waals surface area contributed by atoms with Crippen LogP contribution in [0.4, 0.5) is 0 Å². The zero-order valence-electron chi connectivity index (χ0n) is 13.2. The maximum absolute atomic E-state index is 12.5. The predicted octanol–water partition coefficient (Wildman–Crippen LogP) is 1.13. The summed E-state index contributed by atoms with van der Waals surface area (Å²) >= 11 is 0. The first-order valence-corrected chi connectivity index (χ1v) is 7.26. The lowest BCUT2D eigenvalue weighted by Crippen LogP contribution is -2.50. The van der Waals surface area contributed by atoms with Gasteiger partial charge < -0.3 is 14.5 Å². The third kappa shape index (κ3) is 2.97. The molecule has 1 atom stereocenters. The molecule has 0 aromatic heterocycles. The highest BCUT2D eigenvalue weighted by Gasteiger charge is 2.42. The Bertz CT molecular complexity index is 410. The number of hydrogen-bond acceptors (Lipinski definition) is 3. The molecule has 20 heavy (non-hydrogen) atoms. The molecular formula is C15H26N2O3. The molecule has 114 valence electrons. The molecule has 5 nitrogen and oxygen atoms in total. The van der Waals surface area contributed by atoms with E-state index in [1.807, 2.05) is 32.7 Å². The largest absolute Gasteiger partial charge is 0.380 e. The van der Waals surface area contributed by atoms with Crippen LogP contribution in [-0.2, 0) is 14.3 Å². The van der Waals surface area contributed by atoms with Gasteiger partial charge >= 0.3 is 0 Å². The van der Waals surface area contributed by atoms with Gasteiger partial charge in [-0.2, -0.15) is 0 Å². The van der Waals surface area contributed by atoms with Crippen LogP contribution in [0.3, 0.4) is 0 Å². The maximum atomic E-state index is 12.5. The fourth-order valence-corrected chi connectivity index (χ4v) is 3.03. The summed E-state index contributed by atoms with van der Waals surface area (Å²) in [7, 11) is 1.83. The second kappa shape index (κ2) is 5.02. The van der Waals surface area contributed by atoms with Crippen LogP contribution in [0.15, 0.2) is 0 Å². The van der Waals surface area contributed by atoms with Crippen molar-refractivity contribution in [3.05, 3.63) is 0 Å². The highest BCUT2D eigenvalue weighted by atomic mass is 16.5. The number of likely N-dealkylation sites (tertiary alicyclic amines) is 1. The van der Waals surface area contributed by atoms with Gasteiger partial charge in [0.1, 0.15) is 0 Å². The van der Waals surface area contributed by atoms with Crippen LogP contribution in [0.1, 0.15) is 34.1 Å². The molecular weight excluding hydrogens is 256 g/mol. The Balaban J connectivity index is 1.95. The lowest BCUT2D eigenvalue weighted by atomic mass is 9.88. The number of hydrogen-bond donors (Lipinski definition) is 0. The average molecular weight is 282 g/mol. The van der Waals surface area contributed by atoms with Gasteiger partial charge in [-0.3, -0.25) is 9.59 Å². The summed E-state index contributed by atoms with van der Waals surface area (Å²) in [6.45, 7) is 10.8. The van der Waals surface area contributed by atoms with Crippen LogP contribution >= 0.6 is 0 Å². The van der Waals surface area contributed by atoms with Crippen LogP contribution in [0.25, 0.3) is 0 Å². The highest BCUT2D eigenvalue weighted by Crippen LogP contribution is 2.30. The number of carbonyl (C=O) groups is 2. The molecule has 0 bridgehead atoms. The monoisotopic (exact) mass is 282 g/mol. The Morgan fingerprint density at radius 3 is 2.45 bits per heavy atom. The van der Waals surface area contributed by atoms with Gasteiger partial charge in [-0.05, 0) is 20.8 Å². The standard InChI is InChI=1S/C15H26N2O3/c1-14(2,3)17-7-11(6-12(17)18)13(19)16(5)8-15(4)9-20-10-15/h11H,6-10H2,1-5H3/t11-/m1/s1. The van der Waals surface area contributed by atoms with Gasteiger partial charge in [0.15, 0.2) is 0 Å². The number of nitrogens with zero attached hydrogens (tertiary/aromatic N) is 2. The molecule has 0 unspecified atom stereocenters. The van der Waals surface area contributed by atoms with E-state index in [4.69, 9.17) is 4.74 Å². The van der Waals surface area contributed by atoms with Crippen LogP contribution in [0, 0.1) is 11.3 Å². The van der Waals surface area contributed by atoms with Crippen LogP contribution in [0.2, 0.25) is 0 Å². The molecule has 0 N–H and O–H groups in total. The summed E-state index contributed by atoms with van der Waals surface area (Å²) in [6, 6.07) is 0. The Morgan fingerprint density at radius 1 is 1.45 bits per heavy atom. The van der Waals surface area contributed by atoms with E-state index in [0.29, 0.717) is 32.7 Å². The van der Waals surface area contributed by atoms with Crippen molar-refractivity contribution in [1.82, 2.24) is 9.80 Å². The Hall–Kier alpha value is -1.10. The van der Waals surface area contributed by atoms with Crippen LogP contribution < -0.4 is 0 Å². The average Bonchev–Trinajstić information content (AvgIpc) is 2.67. The molecule has 2 amide bonds. The second-order valence-electron chi connectivity index (χ2n) is 7.57. The molecule has 2 aliphatic heterocycles. The number of amides is 2. The topological polar surface area (TPSA) is 49.9 Å². The normalized spacial score (nSPS) is 25.6. The molecule has 0 radical (unpaired) electrons. The lowest BCUT2D eigenvalue weighted by Gasteiger charge is -2.41. The minimum absolute atomic E-state index is 0.0801. The van der Waals surface area contributed by atoms with E-state index >= 15 is 0 Å². The van der Waals surface area contributed by atoms with E-state index in [9.17, 15) is 9.59 Å². The summed E-state index contributed by atoms with van der Waals surface area (Å²) in [5.41, 5.74) is -0.130. The first-order valence-electron chi connectivity index (χ1n) is 7.26. The van der Waals surface area contributed by atoms with E-state index < -0.39 is 0 Å². The van der Waals surface area contributed by atoms with E-state index in [1.54, 1.807) is 4.90 Å². The van der Waals surface area contributed by atoms with E-state index in [-0.39, 0.29) is 28.7 Å². The van der Waals surface area contributed by atoms with Gasteiger partial charge in [-0.25, -0.2) is 0 Å². The molecule has 2 rings (SSSR count). The third-order valence-corrected chi connectivity index (χ3v) is 4.18. The SMILES string of the molecule is CN(CC1(C)COC1)C(=O)[C@@H]1CC(=O)N(C(C)(C)C)C1. The first-order chi connectivity index (χ1) is 9.12. The zero-order chi connectivity index (χ0) is 15.1. The summed E-state index contributed by atoms with van der Waals surface area (Å²) in [4.78, 5) is 28.1. The minimum atomic E-state index is -0.210. The van der Waals surface area contributed by atoms with Gasteiger partial charge in [0.05, 0.1) is 19.1 Å². The van der Waals surface area contributed by atoms with E-state index in [0.717, 1.165) is 0 Å². The summed E-state index contributed by atoms with van der Waals surface area (Å²) in [5, 5.41) is 0. The first kappa shape index (κ1) is 15.3. The molecule has 0 aliphatic carbocycles. The molecule has 2 aliphatic rings. The van der Waals surface area contributed by atoms with Crippen molar-refractivity contribution in [2.75, 3.05) is 33.4 Å². The van der Waals surface area contributed by atoms with Crippen molar-refractivity contribution in [2.45, 2.75) is 39.7 Å². The molecule has 2 fully saturated rings. The highest BCUT2D eigenvalue weighted by molar-refractivity contribution is 5.89. The van der Waals surface area contributed by atoms with Crippen LogP contribution in [0.5, 0.6) is 0 Å². The van der Waals surface area contributed by atoms with Crippen molar-refractivity contribution >= 4 is 11.8 Å². The number of carbonyl (C=O) groups excluding carboxylic acids is 2. The second-order valence-corrected chi connectivity index (χ2v) is 7.57. The predicted molar refractivity (Wildman–Crippen MR) is 76.1 cm³/mol. The quantitative estimate of drug-likeness (QED) is 0.779. The van der Waals surface area contributed by atoms with Gasteiger partial charge in [0.2, 0.25) is 11.8 Å². The van der Waals surface area contributed by atoms with Gasteiger partial charge in [-0.15, -0.1) is 0 Å². The summed E-state index contributed by atoms with van der Waals surface area (Å²) in [5.74, 6) is -0.0306. The summed E-state index contributed by atoms with van der Waals surface area (Å²) in [6.07, 6.45) is 0.341. The molecule has 0 saturated carbocycles. The van der Waals surface area contributed by atoms with Gasteiger partial charge in [-0.1, -0.05) is 6.92 Å². The molecule has 2 heterocycles. The minimum Gasteiger partial charge on any atom is -0.380 e. The van der Waals surface area contributed by atoms with Crippen molar-refractivity contribution in [3.8, 4) is 0 Å². The number of rotatable bonds is 3. The smallest absolute Gasteiger partial charge is 0.227 e. The number of ether oxygens (including phenoxy) is 1. The van der Waals surface area contributed by atoms with Crippen molar-refractivity contribution < 1.29 is 14.3 Å². The molecule has 0 aromatic rings. The third-order valence-electron chi connectivity index (χ3n) is 4.18. The lowest BCUT2D eigenvalue weighted by molar-refractivity contribution is -0.145. The van der Waals surface area contributed by atoms with Crippen molar-refractivity contribution in [2.24, 2.45) is 11.3 Å². The molecule has 2 saturated heterocycles. The molecule has 0 aromatic carbocycles. The van der Waals surface area contributed by atoms with Gasteiger partial charge in [0, 0.05) is 37.5 Å². The Morgan fingerprint density at radius 2 is 2.05 bits per heavy atom. The molecule has 5 heteroatoms. The maximum Gasteiger partial charge on any atom is 0.227 e. The van der Waals surface area contributed by atoms with E-state index in [1.165, 1.54) is 0 Å². The Kier molecular flexibility index (Phi) is 3.84. The Labute approximate surface area is 121 Å². The zero-order valence-corrected chi connectivity index (χ0v) is 13.2. The van der Waals surface area contributed by atoms with Gasteiger partial charge in [0.25, 0.3) is 0 Å². The van der Waals surface area contributed by atoms with Crippen molar-refractivity contribution in [1.29, 1.82) is 0 Å². The fraction of sp³-hybridized carbons (Fsp3) is 0.867.